The highest BCUT2D eigenvalue weighted by atomic mass is 16.3. The van der Waals surface area contributed by atoms with E-state index in [9.17, 15) is 0 Å². The average Bonchev–Trinajstić information content (AvgIpc) is 3.48. The molecular weight excluding hydrogens is 556 g/mol. The van der Waals surface area contributed by atoms with Crippen LogP contribution in [0.25, 0.3) is 87.6 Å². The summed E-state index contributed by atoms with van der Waals surface area (Å²) < 4.78 is 14.4. The summed E-state index contributed by atoms with van der Waals surface area (Å²) in [6.45, 7) is 4.44. The van der Waals surface area contributed by atoms with Crippen LogP contribution in [0, 0.1) is 0 Å². The maximum Gasteiger partial charge on any atom is 0.138 e. The number of benzene rings is 8. The van der Waals surface area contributed by atoms with E-state index in [1.807, 2.05) is 18.2 Å². The molecule has 0 radical (unpaired) electrons. The molecule has 0 bridgehead atoms. The molecule has 0 fully saturated rings. The fraction of sp³-hybridized carbons (Fsp3) is 0.0667. The lowest BCUT2D eigenvalue weighted by atomic mass is 9.85. The van der Waals surface area contributed by atoms with E-state index in [4.69, 9.17) is 5.79 Å². The predicted octanol–water partition coefficient (Wildman–Crippen LogP) is 13.2. The van der Waals surface area contributed by atoms with Crippen molar-refractivity contribution in [3.8, 4) is 33.4 Å². The van der Waals surface area contributed by atoms with Gasteiger partial charge in [-0.1, -0.05) is 147 Å². The smallest absolute Gasteiger partial charge is 0.138 e. The second-order valence-electron chi connectivity index (χ2n) is 12.6. The zero-order valence-electron chi connectivity index (χ0n) is 26.8. The molecule has 0 unspecified atom stereocenters. The van der Waals surface area contributed by atoms with E-state index in [2.05, 4.69) is 141 Å². The SMILES string of the molecule is [2H]c1ccc2cc(-c3ccc(-c4c5ccccc5c(-c5ccc6oc7c(C(C)C)cccc7c6c5)c5ccccc45)cc3)ccc2c1. The first-order valence-electron chi connectivity index (χ1n) is 16.5. The van der Waals surface area contributed by atoms with Crippen LogP contribution in [0.3, 0.4) is 0 Å². The maximum absolute atomic E-state index is 7.95. The van der Waals surface area contributed by atoms with Gasteiger partial charge < -0.3 is 4.42 Å². The third-order valence-electron chi connectivity index (χ3n) is 9.56. The van der Waals surface area contributed by atoms with Gasteiger partial charge in [0.05, 0.1) is 1.37 Å². The third kappa shape index (κ3) is 4.16. The predicted molar refractivity (Wildman–Crippen MR) is 197 cm³/mol. The molecule has 9 aromatic rings. The molecule has 0 atom stereocenters. The first kappa shape index (κ1) is 25.6. The minimum absolute atomic E-state index is 0.387. The summed E-state index contributed by atoms with van der Waals surface area (Å²) in [7, 11) is 0. The summed E-state index contributed by atoms with van der Waals surface area (Å²) in [6.07, 6.45) is 0. The van der Waals surface area contributed by atoms with Crippen molar-refractivity contribution in [2.75, 3.05) is 0 Å². The molecule has 0 spiro atoms. The van der Waals surface area contributed by atoms with Gasteiger partial charge in [-0.15, -0.1) is 0 Å². The van der Waals surface area contributed by atoms with E-state index in [0.29, 0.717) is 12.0 Å². The summed E-state index contributed by atoms with van der Waals surface area (Å²) in [5.74, 6) is 0.387. The third-order valence-corrected chi connectivity index (χ3v) is 9.56. The Morgan fingerprint density at radius 3 is 1.76 bits per heavy atom. The Bertz CT molecular complexity index is 2600. The van der Waals surface area contributed by atoms with Gasteiger partial charge in [0.1, 0.15) is 11.2 Å². The van der Waals surface area contributed by atoms with Crippen LogP contribution in [-0.4, -0.2) is 0 Å². The van der Waals surface area contributed by atoms with Crippen molar-refractivity contribution in [2.24, 2.45) is 0 Å². The van der Waals surface area contributed by atoms with Gasteiger partial charge in [0.2, 0.25) is 0 Å². The molecule has 8 aromatic carbocycles. The van der Waals surface area contributed by atoms with Gasteiger partial charge in [0.15, 0.2) is 0 Å². The first-order chi connectivity index (χ1) is 23.0. The van der Waals surface area contributed by atoms with Crippen molar-refractivity contribution in [1.29, 1.82) is 0 Å². The molecule has 218 valence electrons. The molecule has 9 rings (SSSR count). The molecule has 0 aliphatic heterocycles. The number of fused-ring (bicyclic) bond motifs is 6. The van der Waals surface area contributed by atoms with Crippen LogP contribution in [0.2, 0.25) is 0 Å². The summed E-state index contributed by atoms with van der Waals surface area (Å²) in [5.41, 5.74) is 10.4. The highest BCUT2D eigenvalue weighted by molar-refractivity contribution is 6.22. The fourth-order valence-electron chi connectivity index (χ4n) is 7.32. The van der Waals surface area contributed by atoms with Gasteiger partial charge in [0, 0.05) is 10.8 Å². The van der Waals surface area contributed by atoms with E-state index >= 15 is 0 Å². The fourth-order valence-corrected chi connectivity index (χ4v) is 7.32. The van der Waals surface area contributed by atoms with Gasteiger partial charge in [-0.25, -0.2) is 0 Å². The van der Waals surface area contributed by atoms with Gasteiger partial charge in [-0.3, -0.25) is 0 Å². The van der Waals surface area contributed by atoms with Gasteiger partial charge in [-0.2, -0.15) is 0 Å². The van der Waals surface area contributed by atoms with E-state index in [1.165, 1.54) is 65.9 Å². The average molecular weight is 590 g/mol. The van der Waals surface area contributed by atoms with Crippen molar-refractivity contribution in [3.63, 3.8) is 0 Å². The summed E-state index contributed by atoms with van der Waals surface area (Å²) in [5, 5.41) is 9.53. The van der Waals surface area contributed by atoms with Crippen LogP contribution in [0.1, 0.15) is 26.7 Å². The van der Waals surface area contributed by atoms with Crippen LogP contribution in [0.15, 0.2) is 156 Å². The zero-order chi connectivity index (χ0) is 31.6. The summed E-state index contributed by atoms with van der Waals surface area (Å²) >= 11 is 0. The first-order valence-corrected chi connectivity index (χ1v) is 16.0. The Morgan fingerprint density at radius 1 is 0.457 bits per heavy atom. The van der Waals surface area contributed by atoms with Gasteiger partial charge >= 0.3 is 0 Å². The minimum atomic E-state index is 0.387. The lowest BCUT2D eigenvalue weighted by molar-refractivity contribution is 0.657. The second kappa shape index (κ2) is 10.5. The number of rotatable bonds is 4. The Hall–Kier alpha value is -5.66. The van der Waals surface area contributed by atoms with E-state index < -0.39 is 0 Å². The number of hydrogen-bond donors (Lipinski definition) is 0. The van der Waals surface area contributed by atoms with Crippen molar-refractivity contribution >= 4 is 54.3 Å². The number of furan rings is 1. The van der Waals surface area contributed by atoms with E-state index in [1.54, 1.807) is 0 Å². The molecule has 1 heterocycles. The van der Waals surface area contributed by atoms with Crippen molar-refractivity contribution in [1.82, 2.24) is 0 Å². The summed E-state index contributed by atoms with van der Waals surface area (Å²) in [4.78, 5) is 0. The molecule has 1 heteroatoms. The second-order valence-corrected chi connectivity index (χ2v) is 12.6. The topological polar surface area (TPSA) is 13.1 Å². The molecule has 0 saturated carbocycles. The van der Waals surface area contributed by atoms with E-state index in [0.717, 1.165) is 27.3 Å². The standard InChI is InChI=1S/C45H32O/c1-28(2)35-16-9-17-40-41-27-34(24-25-42(41)46-45(35)40)44-38-14-7-5-12-36(38)43(37-13-6-8-15-39(37)44)31-21-18-30(19-22-31)33-23-20-29-10-3-4-11-32(29)26-33/h3-28H,1-2H3/i3D. The summed E-state index contributed by atoms with van der Waals surface area (Å²) in [6, 6.07) is 52.7. The largest absolute Gasteiger partial charge is 0.456 e. The highest BCUT2D eigenvalue weighted by Crippen LogP contribution is 2.45. The van der Waals surface area contributed by atoms with Crippen LogP contribution in [-0.2, 0) is 0 Å². The van der Waals surface area contributed by atoms with Crippen molar-refractivity contribution in [2.45, 2.75) is 19.8 Å². The van der Waals surface area contributed by atoms with Crippen LogP contribution >= 0.6 is 0 Å². The van der Waals surface area contributed by atoms with Crippen LogP contribution < -0.4 is 0 Å². The van der Waals surface area contributed by atoms with E-state index in [-0.39, 0.29) is 0 Å². The molecule has 1 aromatic heterocycles. The lowest BCUT2D eigenvalue weighted by Crippen LogP contribution is -1.91. The maximum atomic E-state index is 7.95. The van der Waals surface area contributed by atoms with Gasteiger partial charge in [0.25, 0.3) is 0 Å². The molecule has 1 nitrogen and oxygen atoms in total. The molecule has 0 aliphatic carbocycles. The Balaban J connectivity index is 1.23. The minimum Gasteiger partial charge on any atom is -0.456 e. The molecule has 0 N–H and O–H groups in total. The van der Waals surface area contributed by atoms with Gasteiger partial charge in [-0.05, 0) is 95.4 Å². The molecule has 0 saturated heterocycles. The van der Waals surface area contributed by atoms with Crippen LogP contribution in [0.4, 0.5) is 0 Å². The molecule has 46 heavy (non-hydrogen) atoms. The highest BCUT2D eigenvalue weighted by Gasteiger charge is 2.19. The van der Waals surface area contributed by atoms with Crippen molar-refractivity contribution in [3.05, 3.63) is 157 Å². The Morgan fingerprint density at radius 2 is 1.07 bits per heavy atom. The van der Waals surface area contributed by atoms with Crippen molar-refractivity contribution < 1.29 is 5.79 Å². The molecule has 0 aliphatic rings. The monoisotopic (exact) mass is 589 g/mol. The normalized spacial score (nSPS) is 12.2. The molecule has 0 amide bonds. The quantitative estimate of drug-likeness (QED) is 0.186. The lowest BCUT2D eigenvalue weighted by Gasteiger charge is -2.18. The molecular formula is C45H32O. The zero-order valence-corrected chi connectivity index (χ0v) is 25.8. The number of hydrogen-bond acceptors (Lipinski definition) is 1. The Kier molecular flexibility index (Phi) is 5.83. The number of para-hydroxylation sites is 1. The van der Waals surface area contributed by atoms with Crippen LogP contribution in [0.5, 0.6) is 0 Å². The Labute approximate surface area is 269 Å².